The second-order valence-corrected chi connectivity index (χ2v) is 7.06. The molecule has 1 saturated carbocycles. The molecule has 6 heteroatoms. The first-order valence-corrected chi connectivity index (χ1v) is 8.81. The Kier molecular flexibility index (Phi) is 3.87. The Morgan fingerprint density at radius 1 is 1.35 bits per heavy atom. The normalized spacial score (nSPS) is 20.7. The summed E-state index contributed by atoms with van der Waals surface area (Å²) in [5, 5.41) is 2.99. The zero-order valence-corrected chi connectivity index (χ0v) is 13.9. The summed E-state index contributed by atoms with van der Waals surface area (Å²) in [6.45, 7) is 3.44. The lowest BCUT2D eigenvalue weighted by molar-refractivity contribution is 0.102. The van der Waals surface area contributed by atoms with Crippen LogP contribution in [0.25, 0.3) is 0 Å². The lowest BCUT2D eigenvalue weighted by Crippen LogP contribution is -2.13. The molecular weight excluding hydrogens is 310 g/mol. The molecule has 1 saturated heterocycles. The number of hydrogen-bond acceptors (Lipinski definition) is 5. The van der Waals surface area contributed by atoms with Crippen LogP contribution in [-0.2, 0) is 4.74 Å². The van der Waals surface area contributed by atoms with Crippen LogP contribution in [-0.4, -0.2) is 28.5 Å². The lowest BCUT2D eigenvalue weighted by atomic mass is 9.97. The van der Waals surface area contributed by atoms with Crippen molar-refractivity contribution in [3.8, 4) is 0 Å². The molecule has 1 aliphatic carbocycles. The van der Waals surface area contributed by atoms with Crippen molar-refractivity contribution in [1.82, 2.24) is 9.36 Å². The van der Waals surface area contributed by atoms with Crippen LogP contribution in [0.5, 0.6) is 0 Å². The van der Waals surface area contributed by atoms with Gasteiger partial charge in [-0.05, 0) is 55.8 Å². The van der Waals surface area contributed by atoms with E-state index in [1.165, 1.54) is 17.1 Å². The number of anilines is 1. The highest BCUT2D eigenvalue weighted by Crippen LogP contribution is 2.47. The highest BCUT2D eigenvalue weighted by Gasteiger charge is 2.36. The van der Waals surface area contributed by atoms with Crippen LogP contribution in [0.3, 0.4) is 0 Å². The summed E-state index contributed by atoms with van der Waals surface area (Å²) in [5.74, 6) is 0.802. The molecular formula is C17H19N3O2S. The average molecular weight is 329 g/mol. The number of nitrogens with zero attached hydrogens (tertiary/aromatic N) is 2. The van der Waals surface area contributed by atoms with E-state index in [0.717, 1.165) is 54.4 Å². The van der Waals surface area contributed by atoms with Crippen molar-refractivity contribution in [1.29, 1.82) is 0 Å². The monoisotopic (exact) mass is 329 g/mol. The predicted molar refractivity (Wildman–Crippen MR) is 89.2 cm³/mol. The summed E-state index contributed by atoms with van der Waals surface area (Å²) in [5.41, 5.74) is 3.95. The Morgan fingerprint density at radius 3 is 2.91 bits per heavy atom. The third-order valence-electron chi connectivity index (χ3n) is 4.42. The van der Waals surface area contributed by atoms with Crippen molar-refractivity contribution in [2.45, 2.75) is 38.0 Å². The highest BCUT2D eigenvalue weighted by atomic mass is 32.1. The number of pyridine rings is 1. The number of hydrogen-bond donors (Lipinski definition) is 1. The smallest absolute Gasteiger partial charge is 0.267 e. The molecule has 0 aromatic carbocycles. The molecule has 1 amide bonds. The Balaban J connectivity index is 1.61. The maximum Gasteiger partial charge on any atom is 0.267 e. The van der Waals surface area contributed by atoms with Gasteiger partial charge in [0.05, 0.1) is 12.3 Å². The van der Waals surface area contributed by atoms with E-state index in [-0.39, 0.29) is 5.91 Å². The van der Waals surface area contributed by atoms with E-state index >= 15 is 0 Å². The molecule has 120 valence electrons. The topological polar surface area (TPSA) is 64.1 Å². The van der Waals surface area contributed by atoms with Gasteiger partial charge in [-0.25, -0.2) is 0 Å². The first kappa shape index (κ1) is 14.8. The second-order valence-electron chi connectivity index (χ2n) is 6.29. The third kappa shape index (κ3) is 3.01. The molecule has 1 N–H and O–H groups in total. The molecule has 0 bridgehead atoms. The van der Waals surface area contributed by atoms with Crippen LogP contribution in [0, 0.1) is 6.92 Å². The largest absolute Gasteiger partial charge is 0.381 e. The number of carbonyl (C=O) groups excluding carboxylic acids is 1. The fourth-order valence-electron chi connectivity index (χ4n) is 3.10. The summed E-state index contributed by atoms with van der Waals surface area (Å²) in [6.07, 6.45) is 5.04. The minimum absolute atomic E-state index is 0.0554. The molecule has 2 aromatic rings. The summed E-state index contributed by atoms with van der Waals surface area (Å²) in [7, 11) is 0. The van der Waals surface area contributed by atoms with Crippen LogP contribution in [0.2, 0.25) is 0 Å². The van der Waals surface area contributed by atoms with Crippen molar-refractivity contribution in [3.63, 3.8) is 0 Å². The Labute approximate surface area is 139 Å². The summed E-state index contributed by atoms with van der Waals surface area (Å²) < 4.78 is 10.1. The quantitative estimate of drug-likeness (QED) is 0.933. The number of carbonyl (C=O) groups is 1. The van der Waals surface area contributed by atoms with E-state index < -0.39 is 0 Å². The Bertz CT molecular complexity index is 733. The highest BCUT2D eigenvalue weighted by molar-refractivity contribution is 7.08. The first-order valence-electron chi connectivity index (χ1n) is 8.03. The van der Waals surface area contributed by atoms with Gasteiger partial charge in [0, 0.05) is 35.7 Å². The number of aromatic nitrogens is 2. The summed E-state index contributed by atoms with van der Waals surface area (Å²) in [4.78, 5) is 17.6. The van der Waals surface area contributed by atoms with Gasteiger partial charge in [0.1, 0.15) is 4.88 Å². The van der Waals surface area contributed by atoms with Gasteiger partial charge in [-0.2, -0.15) is 4.37 Å². The molecule has 1 aliphatic heterocycles. The molecule has 2 aliphatic rings. The van der Waals surface area contributed by atoms with E-state index in [2.05, 4.69) is 14.7 Å². The average Bonchev–Trinajstić information content (AvgIpc) is 3.06. The number of amides is 1. The van der Waals surface area contributed by atoms with Crippen molar-refractivity contribution in [2.24, 2.45) is 0 Å². The number of aryl methyl sites for hydroxylation is 1. The molecule has 4 rings (SSSR count). The van der Waals surface area contributed by atoms with Crippen LogP contribution in [0.1, 0.15) is 57.7 Å². The lowest BCUT2D eigenvalue weighted by Gasteiger charge is -2.09. The van der Waals surface area contributed by atoms with Gasteiger partial charge in [-0.15, -0.1) is 0 Å². The van der Waals surface area contributed by atoms with Crippen molar-refractivity contribution >= 4 is 23.1 Å². The summed E-state index contributed by atoms with van der Waals surface area (Å²) >= 11 is 1.33. The van der Waals surface area contributed by atoms with Gasteiger partial charge in [-0.1, -0.05) is 0 Å². The zero-order valence-electron chi connectivity index (χ0n) is 13.0. The van der Waals surface area contributed by atoms with E-state index in [1.807, 2.05) is 19.1 Å². The van der Waals surface area contributed by atoms with Gasteiger partial charge in [0.15, 0.2) is 0 Å². The number of rotatable bonds is 4. The van der Waals surface area contributed by atoms with Crippen molar-refractivity contribution in [2.75, 3.05) is 18.5 Å². The van der Waals surface area contributed by atoms with Crippen LogP contribution < -0.4 is 5.32 Å². The van der Waals surface area contributed by atoms with E-state index in [1.54, 1.807) is 6.20 Å². The molecule has 0 radical (unpaired) electrons. The van der Waals surface area contributed by atoms with Crippen LogP contribution in [0.15, 0.2) is 18.3 Å². The SMILES string of the molecule is Cc1cc(NC(=O)c2snc([C@@H]3CCOC3)c2C2CC2)ccn1. The summed E-state index contributed by atoms with van der Waals surface area (Å²) in [6, 6.07) is 3.69. The van der Waals surface area contributed by atoms with Crippen LogP contribution in [0.4, 0.5) is 5.69 Å². The maximum absolute atomic E-state index is 12.7. The number of nitrogens with one attached hydrogen (secondary N) is 1. The van der Waals surface area contributed by atoms with E-state index in [9.17, 15) is 4.79 Å². The molecule has 23 heavy (non-hydrogen) atoms. The minimum atomic E-state index is -0.0554. The van der Waals surface area contributed by atoms with Gasteiger partial charge in [-0.3, -0.25) is 9.78 Å². The minimum Gasteiger partial charge on any atom is -0.381 e. The third-order valence-corrected chi connectivity index (χ3v) is 5.29. The van der Waals surface area contributed by atoms with E-state index in [4.69, 9.17) is 4.74 Å². The fourth-order valence-corrected chi connectivity index (χ4v) is 4.04. The van der Waals surface area contributed by atoms with E-state index in [0.29, 0.717) is 11.8 Å². The Morgan fingerprint density at radius 2 is 2.22 bits per heavy atom. The van der Waals surface area contributed by atoms with Gasteiger partial charge in [0.2, 0.25) is 0 Å². The maximum atomic E-state index is 12.7. The standard InChI is InChI=1S/C17H19N3O2S/c1-10-8-13(4-6-18-10)19-17(21)16-14(11-2-3-11)15(20-23-16)12-5-7-22-9-12/h4,6,8,11-12H,2-3,5,7,9H2,1H3,(H,18,19,21)/t12-/m1/s1. The molecule has 2 aromatic heterocycles. The fraction of sp³-hybridized carbons (Fsp3) is 0.471. The van der Waals surface area contributed by atoms with Crippen molar-refractivity contribution < 1.29 is 9.53 Å². The second kappa shape index (κ2) is 6.02. The molecule has 5 nitrogen and oxygen atoms in total. The van der Waals surface area contributed by atoms with Gasteiger partial charge >= 0.3 is 0 Å². The van der Waals surface area contributed by atoms with Gasteiger partial charge < -0.3 is 10.1 Å². The first-order chi connectivity index (χ1) is 11.2. The molecule has 0 spiro atoms. The van der Waals surface area contributed by atoms with Gasteiger partial charge in [0.25, 0.3) is 5.91 Å². The van der Waals surface area contributed by atoms with Crippen LogP contribution >= 0.6 is 11.5 Å². The molecule has 3 heterocycles. The molecule has 2 fully saturated rings. The Hall–Kier alpha value is -1.79. The van der Waals surface area contributed by atoms with Crippen molar-refractivity contribution in [3.05, 3.63) is 40.2 Å². The molecule has 0 unspecified atom stereocenters. The zero-order chi connectivity index (χ0) is 15.8. The molecule has 1 atom stereocenters. The number of ether oxygens (including phenoxy) is 1. The predicted octanol–water partition coefficient (Wildman–Crippen LogP) is 3.48.